The van der Waals surface area contributed by atoms with E-state index in [1.807, 2.05) is 13.0 Å². The minimum Gasteiger partial charge on any atom is -0.357 e. The average molecular weight is 347 g/mol. The van der Waals surface area contributed by atoms with Crippen LogP contribution in [0, 0.1) is 12.7 Å². The molecule has 0 radical (unpaired) electrons. The molecule has 0 fully saturated rings. The molecule has 25 heavy (non-hydrogen) atoms. The SMILES string of the molecule is CCNC(=NCC(C)(C)c1cccc(F)c1)NCCc1nc(C)no1. The van der Waals surface area contributed by atoms with Gasteiger partial charge in [0.25, 0.3) is 0 Å². The van der Waals surface area contributed by atoms with Gasteiger partial charge in [-0.3, -0.25) is 4.99 Å². The van der Waals surface area contributed by atoms with Crippen LogP contribution in [-0.2, 0) is 11.8 Å². The Morgan fingerprint density at radius 1 is 1.32 bits per heavy atom. The molecule has 0 bridgehead atoms. The van der Waals surface area contributed by atoms with E-state index in [2.05, 4.69) is 39.6 Å². The molecule has 0 aliphatic carbocycles. The van der Waals surface area contributed by atoms with Crippen molar-refractivity contribution in [2.75, 3.05) is 19.6 Å². The van der Waals surface area contributed by atoms with Gasteiger partial charge in [0.15, 0.2) is 11.8 Å². The molecule has 0 spiro atoms. The summed E-state index contributed by atoms with van der Waals surface area (Å²) in [6, 6.07) is 6.67. The Labute approximate surface area is 147 Å². The minimum absolute atomic E-state index is 0.227. The summed E-state index contributed by atoms with van der Waals surface area (Å²) in [4.78, 5) is 8.81. The maximum Gasteiger partial charge on any atom is 0.228 e. The molecule has 0 aliphatic heterocycles. The van der Waals surface area contributed by atoms with E-state index in [1.54, 1.807) is 19.1 Å². The van der Waals surface area contributed by atoms with Gasteiger partial charge in [0, 0.05) is 24.9 Å². The highest BCUT2D eigenvalue weighted by atomic mass is 19.1. The van der Waals surface area contributed by atoms with E-state index in [0.29, 0.717) is 37.2 Å². The second-order valence-corrected chi connectivity index (χ2v) is 6.50. The number of hydrogen-bond donors (Lipinski definition) is 2. The molecule has 136 valence electrons. The normalized spacial score (nSPS) is 12.3. The molecule has 0 saturated carbocycles. The van der Waals surface area contributed by atoms with E-state index in [4.69, 9.17) is 4.52 Å². The zero-order chi connectivity index (χ0) is 18.3. The summed E-state index contributed by atoms with van der Waals surface area (Å²) in [6.07, 6.45) is 0.624. The Hall–Kier alpha value is -2.44. The fourth-order valence-corrected chi connectivity index (χ4v) is 2.35. The standard InChI is InChI=1S/C18H26FN5O/c1-5-20-17(21-10-9-16-23-13(2)24-25-16)22-12-18(3,4)14-7-6-8-15(19)11-14/h6-8,11H,5,9-10,12H2,1-4H3,(H2,20,21,22). The van der Waals surface area contributed by atoms with Crippen molar-refractivity contribution in [3.63, 3.8) is 0 Å². The third kappa shape index (κ3) is 5.85. The average Bonchev–Trinajstić information content (AvgIpc) is 2.98. The van der Waals surface area contributed by atoms with Crippen LogP contribution in [0.2, 0.25) is 0 Å². The van der Waals surface area contributed by atoms with Crippen molar-refractivity contribution in [2.45, 2.75) is 39.5 Å². The molecule has 1 aromatic heterocycles. The maximum atomic E-state index is 13.5. The molecule has 0 amide bonds. The topological polar surface area (TPSA) is 75.3 Å². The van der Waals surface area contributed by atoms with Gasteiger partial charge in [-0.05, 0) is 31.5 Å². The molecular formula is C18H26FN5O. The van der Waals surface area contributed by atoms with Crippen molar-refractivity contribution < 1.29 is 8.91 Å². The highest BCUT2D eigenvalue weighted by molar-refractivity contribution is 5.79. The highest BCUT2D eigenvalue weighted by Crippen LogP contribution is 2.24. The largest absolute Gasteiger partial charge is 0.357 e. The molecule has 0 unspecified atom stereocenters. The number of aromatic nitrogens is 2. The Morgan fingerprint density at radius 2 is 2.12 bits per heavy atom. The van der Waals surface area contributed by atoms with Crippen molar-refractivity contribution in [3.05, 3.63) is 47.4 Å². The minimum atomic E-state index is -0.270. The van der Waals surface area contributed by atoms with Gasteiger partial charge in [-0.25, -0.2) is 4.39 Å². The first-order chi connectivity index (χ1) is 11.9. The lowest BCUT2D eigenvalue weighted by molar-refractivity contribution is 0.374. The van der Waals surface area contributed by atoms with E-state index in [9.17, 15) is 4.39 Å². The predicted octanol–water partition coefficient (Wildman–Crippen LogP) is 2.59. The zero-order valence-electron chi connectivity index (χ0n) is 15.3. The number of benzene rings is 1. The first kappa shape index (κ1) is 18.9. The van der Waals surface area contributed by atoms with E-state index >= 15 is 0 Å². The van der Waals surface area contributed by atoms with Crippen LogP contribution >= 0.6 is 0 Å². The van der Waals surface area contributed by atoms with Crippen LogP contribution in [0.25, 0.3) is 0 Å². The number of hydrogen-bond acceptors (Lipinski definition) is 4. The number of aryl methyl sites for hydroxylation is 1. The van der Waals surface area contributed by atoms with Crippen molar-refractivity contribution in [3.8, 4) is 0 Å². The third-order valence-corrected chi connectivity index (χ3v) is 3.78. The number of halogens is 1. The lowest BCUT2D eigenvalue weighted by Crippen LogP contribution is -2.39. The van der Waals surface area contributed by atoms with Crippen molar-refractivity contribution in [1.82, 2.24) is 20.8 Å². The molecule has 0 atom stereocenters. The molecule has 6 nitrogen and oxygen atoms in total. The predicted molar refractivity (Wildman–Crippen MR) is 96.1 cm³/mol. The van der Waals surface area contributed by atoms with Crippen molar-refractivity contribution in [2.24, 2.45) is 4.99 Å². The summed E-state index contributed by atoms with van der Waals surface area (Å²) in [5.74, 6) is 1.71. The van der Waals surface area contributed by atoms with Crippen LogP contribution in [0.3, 0.4) is 0 Å². The molecule has 2 rings (SSSR count). The third-order valence-electron chi connectivity index (χ3n) is 3.78. The Morgan fingerprint density at radius 3 is 2.76 bits per heavy atom. The molecule has 2 N–H and O–H groups in total. The lowest BCUT2D eigenvalue weighted by Gasteiger charge is -2.24. The Kier molecular flexibility index (Phi) is 6.50. The second kappa shape index (κ2) is 8.60. The van der Waals surface area contributed by atoms with Crippen LogP contribution in [0.1, 0.15) is 38.0 Å². The number of guanidine groups is 1. The number of aliphatic imine (C=N–C) groups is 1. The van der Waals surface area contributed by atoms with Gasteiger partial charge in [0.2, 0.25) is 5.89 Å². The highest BCUT2D eigenvalue weighted by Gasteiger charge is 2.21. The molecule has 0 saturated heterocycles. The van der Waals surface area contributed by atoms with Crippen molar-refractivity contribution >= 4 is 5.96 Å². The van der Waals surface area contributed by atoms with E-state index in [1.165, 1.54) is 6.07 Å². The molecule has 2 aromatic rings. The quantitative estimate of drug-likeness (QED) is 0.595. The Balaban J connectivity index is 1.95. The van der Waals surface area contributed by atoms with Gasteiger partial charge in [-0.1, -0.05) is 31.1 Å². The fraction of sp³-hybridized carbons (Fsp3) is 0.500. The van der Waals surface area contributed by atoms with Crippen LogP contribution in [0.15, 0.2) is 33.8 Å². The molecule has 7 heteroatoms. The second-order valence-electron chi connectivity index (χ2n) is 6.50. The first-order valence-electron chi connectivity index (χ1n) is 8.48. The summed E-state index contributed by atoms with van der Waals surface area (Å²) >= 11 is 0. The van der Waals surface area contributed by atoms with Gasteiger partial charge in [-0.2, -0.15) is 4.98 Å². The van der Waals surface area contributed by atoms with Gasteiger partial charge >= 0.3 is 0 Å². The number of rotatable bonds is 7. The van der Waals surface area contributed by atoms with Crippen LogP contribution in [-0.4, -0.2) is 35.7 Å². The van der Waals surface area contributed by atoms with Gasteiger partial charge in [-0.15, -0.1) is 0 Å². The maximum absolute atomic E-state index is 13.5. The number of nitrogens with one attached hydrogen (secondary N) is 2. The summed E-state index contributed by atoms with van der Waals surface area (Å²) in [5, 5.41) is 10.2. The van der Waals surface area contributed by atoms with Gasteiger partial charge in [0.1, 0.15) is 5.82 Å². The number of nitrogens with zero attached hydrogens (tertiary/aromatic N) is 3. The molecule has 1 heterocycles. The summed E-state index contributed by atoms with van der Waals surface area (Å²) in [7, 11) is 0. The molecule has 0 aliphatic rings. The van der Waals surface area contributed by atoms with E-state index < -0.39 is 0 Å². The van der Waals surface area contributed by atoms with Crippen LogP contribution in [0.4, 0.5) is 4.39 Å². The van der Waals surface area contributed by atoms with Crippen molar-refractivity contribution in [1.29, 1.82) is 0 Å². The van der Waals surface area contributed by atoms with E-state index in [0.717, 1.165) is 12.1 Å². The van der Waals surface area contributed by atoms with Gasteiger partial charge in [0.05, 0.1) is 6.54 Å². The van der Waals surface area contributed by atoms with Crippen LogP contribution < -0.4 is 10.6 Å². The summed E-state index contributed by atoms with van der Waals surface area (Å²) < 4.78 is 18.6. The van der Waals surface area contributed by atoms with Crippen LogP contribution in [0.5, 0.6) is 0 Å². The van der Waals surface area contributed by atoms with E-state index in [-0.39, 0.29) is 11.2 Å². The molecule has 1 aromatic carbocycles. The monoisotopic (exact) mass is 347 g/mol. The smallest absolute Gasteiger partial charge is 0.228 e. The zero-order valence-corrected chi connectivity index (χ0v) is 15.3. The fourth-order valence-electron chi connectivity index (χ4n) is 2.35. The summed E-state index contributed by atoms with van der Waals surface area (Å²) in [5.41, 5.74) is 0.655. The summed E-state index contributed by atoms with van der Waals surface area (Å²) in [6.45, 7) is 9.83. The Bertz CT molecular complexity index is 711. The van der Waals surface area contributed by atoms with Gasteiger partial charge < -0.3 is 15.2 Å². The molecular weight excluding hydrogens is 321 g/mol. The first-order valence-corrected chi connectivity index (χ1v) is 8.48. The lowest BCUT2D eigenvalue weighted by atomic mass is 9.85.